The standard InChI is InChI=1S/C29H38ClN5O7S/c1-17(2)32-27-34-22-15-14-21(18(3)24(22)26(37)41-27)33-25(36)23(9-7-8-16-31)35(28(38)42-29(4,5)6)43(39,40)20-12-10-19(30)11-13-20/h10-15,17,23H,7-9,16,31H2,1-6H3,(H,32,34)(H,33,36)/t23-/m0/s1. The highest BCUT2D eigenvalue weighted by Gasteiger charge is 2.42. The Labute approximate surface area is 256 Å². The maximum absolute atomic E-state index is 13.9. The molecule has 2 aromatic carbocycles. The number of halogens is 1. The Hall–Kier alpha value is -3.68. The lowest BCUT2D eigenvalue weighted by molar-refractivity contribution is -0.120. The van der Waals surface area contributed by atoms with Gasteiger partial charge in [0.15, 0.2) is 0 Å². The van der Waals surface area contributed by atoms with Crippen molar-refractivity contribution in [2.24, 2.45) is 5.73 Å². The van der Waals surface area contributed by atoms with Gasteiger partial charge in [0.1, 0.15) is 11.6 Å². The fourth-order valence-corrected chi connectivity index (χ4v) is 5.84. The molecule has 14 heteroatoms. The maximum Gasteiger partial charge on any atom is 0.425 e. The van der Waals surface area contributed by atoms with Crippen LogP contribution in [0, 0.1) is 6.92 Å². The molecule has 0 aliphatic carbocycles. The van der Waals surface area contributed by atoms with Crippen molar-refractivity contribution in [1.29, 1.82) is 0 Å². The third-order valence-corrected chi connectivity index (χ3v) is 8.23. The van der Waals surface area contributed by atoms with E-state index >= 15 is 0 Å². The topological polar surface area (TPSA) is 174 Å². The van der Waals surface area contributed by atoms with E-state index in [4.69, 9.17) is 26.5 Å². The number of nitrogens with two attached hydrogens (primary N) is 1. The summed E-state index contributed by atoms with van der Waals surface area (Å²) in [4.78, 5) is 44.3. The number of aryl methyl sites for hydroxylation is 1. The Kier molecular flexibility index (Phi) is 10.8. The number of benzene rings is 2. The number of nitrogens with one attached hydrogen (secondary N) is 2. The van der Waals surface area contributed by atoms with E-state index in [9.17, 15) is 22.8 Å². The Morgan fingerprint density at radius 3 is 2.35 bits per heavy atom. The SMILES string of the molecule is Cc1c(NC(=O)[C@H](CCCCN)N(C(=O)OC(C)(C)C)S(=O)(=O)c2ccc(Cl)cc2)ccc2nc(NC(C)C)oc(=O)c12. The average molecular weight is 636 g/mol. The highest BCUT2D eigenvalue weighted by atomic mass is 35.5. The fourth-order valence-electron chi connectivity index (χ4n) is 4.24. The molecule has 1 atom stereocenters. The van der Waals surface area contributed by atoms with Crippen LogP contribution < -0.4 is 22.0 Å². The van der Waals surface area contributed by atoms with Gasteiger partial charge in [-0.05, 0) is 109 Å². The number of rotatable bonds is 11. The van der Waals surface area contributed by atoms with Gasteiger partial charge in [-0.3, -0.25) is 4.79 Å². The quantitative estimate of drug-likeness (QED) is 0.242. The molecule has 43 heavy (non-hydrogen) atoms. The Morgan fingerprint density at radius 1 is 1.12 bits per heavy atom. The van der Waals surface area contributed by atoms with E-state index in [0.29, 0.717) is 34.8 Å². The van der Waals surface area contributed by atoms with E-state index < -0.39 is 39.3 Å². The van der Waals surface area contributed by atoms with Crippen LogP contribution in [0.25, 0.3) is 10.9 Å². The predicted octanol–water partition coefficient (Wildman–Crippen LogP) is 5.03. The highest BCUT2D eigenvalue weighted by molar-refractivity contribution is 7.89. The number of nitrogens with zero attached hydrogens (tertiary/aromatic N) is 2. The minimum Gasteiger partial charge on any atom is -0.443 e. The van der Waals surface area contributed by atoms with Crippen LogP contribution in [-0.2, 0) is 19.6 Å². The second kappa shape index (κ2) is 13.7. The van der Waals surface area contributed by atoms with Gasteiger partial charge in [-0.25, -0.2) is 18.0 Å². The van der Waals surface area contributed by atoms with Crippen molar-refractivity contribution in [1.82, 2.24) is 9.29 Å². The number of unbranched alkanes of at least 4 members (excludes halogenated alkanes) is 1. The minimum atomic E-state index is -4.60. The highest BCUT2D eigenvalue weighted by Crippen LogP contribution is 2.28. The first-order valence-electron chi connectivity index (χ1n) is 13.8. The molecule has 0 radical (unpaired) electrons. The summed E-state index contributed by atoms with van der Waals surface area (Å²) in [5.41, 5.74) is 4.84. The molecule has 4 N–H and O–H groups in total. The predicted molar refractivity (Wildman–Crippen MR) is 166 cm³/mol. The van der Waals surface area contributed by atoms with Crippen LogP contribution in [0.1, 0.15) is 59.4 Å². The molecule has 3 rings (SSSR count). The zero-order valence-electron chi connectivity index (χ0n) is 25.1. The van der Waals surface area contributed by atoms with Crippen molar-refractivity contribution < 1.29 is 27.2 Å². The number of fused-ring (bicyclic) bond motifs is 1. The second-order valence-corrected chi connectivity index (χ2v) is 13.5. The molecule has 2 amide bonds. The zero-order chi connectivity index (χ0) is 32.1. The van der Waals surface area contributed by atoms with Gasteiger partial charge in [0.05, 0.1) is 15.8 Å². The molecule has 0 aliphatic heterocycles. The molecule has 0 spiro atoms. The average Bonchev–Trinajstić information content (AvgIpc) is 2.88. The Morgan fingerprint density at radius 2 is 1.77 bits per heavy atom. The molecule has 0 saturated carbocycles. The summed E-state index contributed by atoms with van der Waals surface area (Å²) in [7, 11) is -4.60. The van der Waals surface area contributed by atoms with Crippen molar-refractivity contribution in [3.05, 3.63) is 57.4 Å². The Balaban J connectivity index is 2.10. The van der Waals surface area contributed by atoms with Gasteiger partial charge < -0.3 is 25.5 Å². The first-order valence-corrected chi connectivity index (χ1v) is 15.6. The molecule has 3 aromatic rings. The van der Waals surface area contributed by atoms with Gasteiger partial charge in [-0.1, -0.05) is 11.6 Å². The largest absolute Gasteiger partial charge is 0.443 e. The smallest absolute Gasteiger partial charge is 0.425 e. The molecule has 0 unspecified atom stereocenters. The molecular formula is C29H38ClN5O7S. The summed E-state index contributed by atoms with van der Waals surface area (Å²) >= 11 is 5.96. The van der Waals surface area contributed by atoms with Gasteiger partial charge in [0.25, 0.3) is 16.0 Å². The number of carbonyl (C=O) groups is 2. The van der Waals surface area contributed by atoms with E-state index in [1.165, 1.54) is 24.3 Å². The summed E-state index contributed by atoms with van der Waals surface area (Å²) in [5.74, 6) is -0.807. The molecule has 12 nitrogen and oxygen atoms in total. The van der Waals surface area contributed by atoms with E-state index in [2.05, 4.69) is 15.6 Å². The van der Waals surface area contributed by atoms with Gasteiger partial charge >= 0.3 is 11.7 Å². The summed E-state index contributed by atoms with van der Waals surface area (Å²) in [5, 5.41) is 6.08. The number of carbonyl (C=O) groups excluding carboxylic acids is 2. The number of ether oxygens (including phenoxy) is 1. The zero-order valence-corrected chi connectivity index (χ0v) is 26.6. The van der Waals surface area contributed by atoms with Crippen LogP contribution >= 0.6 is 11.6 Å². The van der Waals surface area contributed by atoms with Crippen LogP contribution in [0.3, 0.4) is 0 Å². The third-order valence-electron chi connectivity index (χ3n) is 6.19. The molecule has 0 fully saturated rings. The van der Waals surface area contributed by atoms with Crippen LogP contribution in [0.4, 0.5) is 16.5 Å². The molecular weight excluding hydrogens is 598 g/mol. The van der Waals surface area contributed by atoms with E-state index in [0.717, 1.165) is 0 Å². The van der Waals surface area contributed by atoms with E-state index in [1.807, 2.05) is 13.8 Å². The van der Waals surface area contributed by atoms with Gasteiger partial charge in [-0.2, -0.15) is 9.29 Å². The van der Waals surface area contributed by atoms with Crippen LogP contribution in [0.2, 0.25) is 5.02 Å². The summed E-state index contributed by atoms with van der Waals surface area (Å²) in [6.45, 7) is 10.4. The number of hydrogen-bond acceptors (Lipinski definition) is 10. The molecule has 0 saturated heterocycles. The fraction of sp³-hybridized carbons (Fsp3) is 0.448. The van der Waals surface area contributed by atoms with Crippen LogP contribution in [-0.4, -0.2) is 53.9 Å². The molecule has 234 valence electrons. The van der Waals surface area contributed by atoms with Crippen molar-refractivity contribution in [3.8, 4) is 0 Å². The van der Waals surface area contributed by atoms with Crippen molar-refractivity contribution in [2.45, 2.75) is 83.4 Å². The second-order valence-electron chi connectivity index (χ2n) is 11.3. The summed E-state index contributed by atoms with van der Waals surface area (Å²) < 4.78 is 39.1. The summed E-state index contributed by atoms with van der Waals surface area (Å²) in [6, 6.07) is 6.81. The lowest BCUT2D eigenvalue weighted by Gasteiger charge is -2.32. The van der Waals surface area contributed by atoms with Crippen molar-refractivity contribution in [2.75, 3.05) is 17.2 Å². The maximum atomic E-state index is 13.9. The molecule has 0 bridgehead atoms. The van der Waals surface area contributed by atoms with Crippen molar-refractivity contribution in [3.63, 3.8) is 0 Å². The van der Waals surface area contributed by atoms with E-state index in [1.54, 1.807) is 39.8 Å². The normalized spacial score (nSPS) is 12.7. The lowest BCUT2D eigenvalue weighted by Crippen LogP contribution is -2.52. The number of hydrogen-bond donors (Lipinski definition) is 3. The van der Waals surface area contributed by atoms with E-state index in [-0.39, 0.29) is 39.5 Å². The summed E-state index contributed by atoms with van der Waals surface area (Å²) in [6.07, 6.45) is -0.461. The monoisotopic (exact) mass is 635 g/mol. The number of anilines is 2. The Bertz CT molecular complexity index is 1630. The first-order chi connectivity index (χ1) is 20.0. The van der Waals surface area contributed by atoms with Crippen molar-refractivity contribution >= 4 is 56.2 Å². The molecule has 1 aromatic heterocycles. The van der Waals surface area contributed by atoms with Gasteiger partial charge in [0.2, 0.25) is 5.91 Å². The first kappa shape index (κ1) is 33.8. The number of aromatic nitrogens is 1. The number of sulfonamides is 1. The third kappa shape index (κ3) is 8.46. The van der Waals surface area contributed by atoms with Gasteiger partial charge in [0, 0.05) is 16.8 Å². The van der Waals surface area contributed by atoms with Gasteiger partial charge in [-0.15, -0.1) is 0 Å². The van der Waals surface area contributed by atoms with Crippen LogP contribution in [0.5, 0.6) is 0 Å². The lowest BCUT2D eigenvalue weighted by atomic mass is 10.1. The minimum absolute atomic E-state index is 0.0268. The number of amides is 2. The molecule has 0 aliphatic rings. The molecule has 1 heterocycles. The van der Waals surface area contributed by atoms with Crippen LogP contribution in [0.15, 0.2) is 50.5 Å².